The van der Waals surface area contributed by atoms with Gasteiger partial charge in [0.05, 0.1) is 0 Å². The van der Waals surface area contributed by atoms with E-state index in [9.17, 15) is 4.79 Å². The highest BCUT2D eigenvalue weighted by atomic mass is 127. The first kappa shape index (κ1) is 26.0. The second-order valence-corrected chi connectivity index (χ2v) is 7.51. The third kappa shape index (κ3) is 9.61. The minimum Gasteiger partial charge on any atom is -0.444 e. The van der Waals surface area contributed by atoms with Crippen LogP contribution < -0.4 is 16.0 Å². The number of ether oxygens (including phenoxy) is 1. The Labute approximate surface area is 198 Å². The lowest BCUT2D eigenvalue weighted by Crippen LogP contribution is -2.42. The second kappa shape index (κ2) is 12.6. The van der Waals surface area contributed by atoms with E-state index in [1.165, 1.54) is 0 Å². The van der Waals surface area contributed by atoms with Gasteiger partial charge in [-0.05, 0) is 39.8 Å². The summed E-state index contributed by atoms with van der Waals surface area (Å²) in [6.07, 6.45) is -0.458. The Morgan fingerprint density at radius 3 is 2.63 bits per heavy atom. The molecular weight excluding hydrogens is 523 g/mol. The van der Waals surface area contributed by atoms with Crippen molar-refractivity contribution in [3.8, 4) is 11.4 Å². The topological polar surface area (TPSA) is 114 Å². The van der Waals surface area contributed by atoms with Crippen LogP contribution in [0.4, 0.5) is 4.79 Å². The molecule has 1 heterocycles. The first-order chi connectivity index (χ1) is 13.8. The molecule has 11 heteroatoms. The number of aromatic nitrogens is 2. The quantitative estimate of drug-likeness (QED) is 0.209. The minimum atomic E-state index is -0.526. The summed E-state index contributed by atoms with van der Waals surface area (Å²) in [6.45, 7) is 9.16. The molecule has 3 N–H and O–H groups in total. The van der Waals surface area contributed by atoms with Gasteiger partial charge in [-0.1, -0.05) is 28.9 Å². The monoisotopic (exact) mass is 550 g/mol. The summed E-state index contributed by atoms with van der Waals surface area (Å²) in [6, 6.07) is 7.22. The summed E-state index contributed by atoms with van der Waals surface area (Å²) in [5, 5.41) is 13.5. The van der Waals surface area contributed by atoms with Gasteiger partial charge in [-0.25, -0.2) is 9.79 Å². The highest BCUT2D eigenvalue weighted by Gasteiger charge is 2.15. The first-order valence-electron chi connectivity index (χ1n) is 9.34. The van der Waals surface area contributed by atoms with E-state index in [4.69, 9.17) is 20.9 Å². The van der Waals surface area contributed by atoms with Crippen LogP contribution in [0.3, 0.4) is 0 Å². The van der Waals surface area contributed by atoms with Crippen molar-refractivity contribution >= 4 is 47.6 Å². The number of alkyl carbamates (subject to hydrolysis) is 1. The predicted octanol–water partition coefficient (Wildman–Crippen LogP) is 3.59. The van der Waals surface area contributed by atoms with Gasteiger partial charge in [0.15, 0.2) is 5.96 Å². The van der Waals surface area contributed by atoms with Gasteiger partial charge >= 0.3 is 6.09 Å². The maximum absolute atomic E-state index is 11.6. The Morgan fingerprint density at radius 1 is 1.23 bits per heavy atom. The van der Waals surface area contributed by atoms with Gasteiger partial charge in [0, 0.05) is 30.2 Å². The third-order valence-electron chi connectivity index (χ3n) is 3.35. The van der Waals surface area contributed by atoms with Crippen LogP contribution >= 0.6 is 35.6 Å². The second-order valence-electron chi connectivity index (χ2n) is 7.07. The Morgan fingerprint density at radius 2 is 1.97 bits per heavy atom. The van der Waals surface area contributed by atoms with Crippen LogP contribution in [0.1, 0.15) is 33.6 Å². The third-order valence-corrected chi connectivity index (χ3v) is 3.59. The zero-order valence-corrected chi connectivity index (χ0v) is 20.6. The van der Waals surface area contributed by atoms with Crippen molar-refractivity contribution < 1.29 is 14.1 Å². The SMILES string of the molecule is CCNC(=NCc1nc(-c2cccc(Cl)c2)no1)NCCNC(=O)OC(C)(C)C.I. The number of nitrogens with zero attached hydrogens (tertiary/aromatic N) is 3. The summed E-state index contributed by atoms with van der Waals surface area (Å²) in [5.74, 6) is 1.40. The van der Waals surface area contributed by atoms with Gasteiger partial charge in [0.1, 0.15) is 12.1 Å². The lowest BCUT2D eigenvalue weighted by atomic mass is 10.2. The van der Waals surface area contributed by atoms with Gasteiger partial charge in [-0.15, -0.1) is 24.0 Å². The van der Waals surface area contributed by atoms with Gasteiger partial charge in [-0.2, -0.15) is 4.98 Å². The molecule has 0 aliphatic heterocycles. The van der Waals surface area contributed by atoms with Crippen molar-refractivity contribution in [1.29, 1.82) is 0 Å². The Hall–Kier alpha value is -2.08. The molecule has 1 amide bonds. The largest absolute Gasteiger partial charge is 0.444 e. The van der Waals surface area contributed by atoms with Crippen molar-refractivity contribution in [3.05, 3.63) is 35.2 Å². The lowest BCUT2D eigenvalue weighted by molar-refractivity contribution is 0.0529. The number of benzene rings is 1. The van der Waals surface area contributed by atoms with Crippen molar-refractivity contribution in [2.24, 2.45) is 4.99 Å². The maximum Gasteiger partial charge on any atom is 0.407 e. The number of rotatable bonds is 7. The molecule has 0 fully saturated rings. The summed E-state index contributed by atoms with van der Waals surface area (Å²) < 4.78 is 10.4. The number of carbonyl (C=O) groups is 1. The molecule has 1 aromatic heterocycles. The molecule has 2 aromatic rings. The van der Waals surface area contributed by atoms with Crippen LogP contribution in [0.15, 0.2) is 33.8 Å². The highest BCUT2D eigenvalue weighted by molar-refractivity contribution is 14.0. The molecule has 9 nitrogen and oxygen atoms in total. The van der Waals surface area contributed by atoms with E-state index in [0.29, 0.717) is 42.3 Å². The molecule has 166 valence electrons. The van der Waals surface area contributed by atoms with Crippen LogP contribution in [0.5, 0.6) is 0 Å². The molecule has 0 atom stereocenters. The lowest BCUT2D eigenvalue weighted by Gasteiger charge is -2.19. The number of hydrogen-bond donors (Lipinski definition) is 3. The van der Waals surface area contributed by atoms with Gasteiger partial charge in [-0.3, -0.25) is 0 Å². The van der Waals surface area contributed by atoms with Crippen LogP contribution in [0.2, 0.25) is 5.02 Å². The average molecular weight is 551 g/mol. The number of carbonyl (C=O) groups excluding carboxylic acids is 1. The molecule has 0 aliphatic rings. The van der Waals surface area contributed by atoms with E-state index < -0.39 is 11.7 Å². The fraction of sp³-hybridized carbons (Fsp3) is 0.474. The van der Waals surface area contributed by atoms with Crippen molar-refractivity contribution in [3.63, 3.8) is 0 Å². The fourth-order valence-electron chi connectivity index (χ4n) is 2.21. The zero-order chi connectivity index (χ0) is 21.3. The number of amides is 1. The van der Waals surface area contributed by atoms with Gasteiger partial charge in [0.2, 0.25) is 11.7 Å². The Balaban J connectivity index is 0.00000450. The maximum atomic E-state index is 11.6. The number of nitrogens with one attached hydrogen (secondary N) is 3. The average Bonchev–Trinajstić information content (AvgIpc) is 3.11. The number of aliphatic imine (C=N–C) groups is 1. The van der Waals surface area contributed by atoms with Crippen molar-refractivity contribution in [1.82, 2.24) is 26.1 Å². The Bertz CT molecular complexity index is 838. The molecule has 0 saturated heterocycles. The number of guanidine groups is 1. The molecular formula is C19H28ClIN6O3. The molecule has 0 saturated carbocycles. The van der Waals surface area contributed by atoms with Crippen LogP contribution in [0, 0.1) is 0 Å². The fourth-order valence-corrected chi connectivity index (χ4v) is 2.40. The van der Waals surface area contributed by atoms with Crippen molar-refractivity contribution in [2.45, 2.75) is 39.8 Å². The van der Waals surface area contributed by atoms with E-state index in [-0.39, 0.29) is 30.5 Å². The van der Waals surface area contributed by atoms with E-state index in [2.05, 4.69) is 31.1 Å². The zero-order valence-electron chi connectivity index (χ0n) is 17.5. The number of halogens is 2. The van der Waals surface area contributed by atoms with Gasteiger partial charge < -0.3 is 25.2 Å². The van der Waals surface area contributed by atoms with Crippen LogP contribution in [-0.4, -0.2) is 47.4 Å². The highest BCUT2D eigenvalue weighted by Crippen LogP contribution is 2.20. The molecule has 0 spiro atoms. The van der Waals surface area contributed by atoms with E-state index >= 15 is 0 Å². The summed E-state index contributed by atoms with van der Waals surface area (Å²) in [5.41, 5.74) is 0.247. The molecule has 1 aromatic carbocycles. The molecule has 30 heavy (non-hydrogen) atoms. The molecule has 0 bridgehead atoms. The smallest absolute Gasteiger partial charge is 0.407 e. The normalized spacial score (nSPS) is 11.4. The molecule has 0 radical (unpaired) electrons. The minimum absolute atomic E-state index is 0. The Kier molecular flexibility index (Phi) is 10.9. The predicted molar refractivity (Wildman–Crippen MR) is 127 cm³/mol. The van der Waals surface area contributed by atoms with E-state index in [1.807, 2.05) is 39.8 Å². The molecule has 0 unspecified atom stereocenters. The molecule has 2 rings (SSSR count). The standard InChI is InChI=1S/C19H27ClN6O3.HI/c1-5-21-17(22-9-10-23-18(27)28-19(2,3)4)24-12-15-25-16(26-29-15)13-7-6-8-14(20)11-13;/h6-8,11H,5,9-10,12H2,1-4H3,(H,23,27)(H2,21,22,24);1H. The molecule has 0 aliphatic carbocycles. The number of hydrogen-bond acceptors (Lipinski definition) is 6. The van der Waals surface area contributed by atoms with Crippen LogP contribution in [0.25, 0.3) is 11.4 Å². The van der Waals surface area contributed by atoms with Gasteiger partial charge in [0.25, 0.3) is 0 Å². The van der Waals surface area contributed by atoms with E-state index in [1.54, 1.807) is 12.1 Å². The van der Waals surface area contributed by atoms with E-state index in [0.717, 1.165) is 5.56 Å². The van der Waals surface area contributed by atoms with Crippen molar-refractivity contribution in [2.75, 3.05) is 19.6 Å². The first-order valence-corrected chi connectivity index (χ1v) is 9.72. The summed E-state index contributed by atoms with van der Waals surface area (Å²) >= 11 is 5.99. The summed E-state index contributed by atoms with van der Waals surface area (Å²) in [4.78, 5) is 20.4. The summed E-state index contributed by atoms with van der Waals surface area (Å²) in [7, 11) is 0. The van der Waals surface area contributed by atoms with Crippen LogP contribution in [-0.2, 0) is 11.3 Å².